The number of esters is 1. The Kier molecular flexibility index (Phi) is 2.65. The molecule has 0 spiro atoms. The summed E-state index contributed by atoms with van der Waals surface area (Å²) in [6.07, 6.45) is -1.07. The second-order valence-corrected chi connectivity index (χ2v) is 5.70. The van der Waals surface area contributed by atoms with E-state index in [0.29, 0.717) is 16.7 Å². The number of hydrogen-bond acceptors (Lipinski definition) is 7. The van der Waals surface area contributed by atoms with Gasteiger partial charge in [0.25, 0.3) is 0 Å². The van der Waals surface area contributed by atoms with E-state index in [1.54, 1.807) is 36.4 Å². The minimum absolute atomic E-state index is 0.00704. The number of benzene rings is 2. The SMILES string of the molecule is O=C1OC(c2c(O)c3ccccc3oc2=O)c2ccc3c(c21)OCO3. The quantitative estimate of drug-likeness (QED) is 0.538. The number of ether oxygens (including phenoxy) is 3. The molecule has 0 bridgehead atoms. The molecule has 25 heavy (non-hydrogen) atoms. The molecule has 5 rings (SSSR count). The number of rotatable bonds is 1. The van der Waals surface area contributed by atoms with Gasteiger partial charge >= 0.3 is 11.6 Å². The van der Waals surface area contributed by atoms with Gasteiger partial charge in [0, 0.05) is 5.56 Å². The molecule has 2 aromatic carbocycles. The summed E-state index contributed by atoms with van der Waals surface area (Å²) in [6, 6.07) is 9.85. The van der Waals surface area contributed by atoms with Gasteiger partial charge in [-0.15, -0.1) is 0 Å². The third kappa shape index (κ3) is 1.80. The minimum Gasteiger partial charge on any atom is -0.506 e. The van der Waals surface area contributed by atoms with Crippen molar-refractivity contribution in [2.24, 2.45) is 0 Å². The van der Waals surface area contributed by atoms with Crippen molar-refractivity contribution >= 4 is 16.9 Å². The molecule has 124 valence electrons. The van der Waals surface area contributed by atoms with Gasteiger partial charge in [-0.05, 0) is 18.2 Å². The summed E-state index contributed by atoms with van der Waals surface area (Å²) in [4.78, 5) is 24.7. The smallest absolute Gasteiger partial charge is 0.347 e. The van der Waals surface area contributed by atoms with E-state index in [1.807, 2.05) is 0 Å². The fraction of sp³-hybridized carbons (Fsp3) is 0.111. The summed E-state index contributed by atoms with van der Waals surface area (Å²) in [6.45, 7) is 0.00704. The van der Waals surface area contributed by atoms with Crippen LogP contribution in [0.25, 0.3) is 11.0 Å². The molecule has 0 aliphatic carbocycles. The molecular weight excluding hydrogens is 328 g/mol. The van der Waals surface area contributed by atoms with Crippen LogP contribution in [0, 0.1) is 0 Å². The third-order valence-corrected chi connectivity index (χ3v) is 4.37. The van der Waals surface area contributed by atoms with Crippen LogP contribution < -0.4 is 15.1 Å². The lowest BCUT2D eigenvalue weighted by Crippen LogP contribution is -2.14. The van der Waals surface area contributed by atoms with E-state index >= 15 is 0 Å². The van der Waals surface area contributed by atoms with Gasteiger partial charge in [0.1, 0.15) is 22.5 Å². The van der Waals surface area contributed by atoms with E-state index < -0.39 is 17.7 Å². The third-order valence-electron chi connectivity index (χ3n) is 4.37. The van der Waals surface area contributed by atoms with E-state index in [1.165, 1.54) is 0 Å². The van der Waals surface area contributed by atoms with Gasteiger partial charge in [-0.2, -0.15) is 0 Å². The predicted molar refractivity (Wildman–Crippen MR) is 84.0 cm³/mol. The lowest BCUT2D eigenvalue weighted by molar-refractivity contribution is 0.0446. The first kappa shape index (κ1) is 13.9. The monoisotopic (exact) mass is 338 g/mol. The van der Waals surface area contributed by atoms with Crippen molar-refractivity contribution in [2.75, 3.05) is 6.79 Å². The van der Waals surface area contributed by atoms with Crippen molar-refractivity contribution in [1.82, 2.24) is 0 Å². The normalized spacial score (nSPS) is 17.6. The summed E-state index contributed by atoms with van der Waals surface area (Å²) < 4.78 is 21.2. The highest BCUT2D eigenvalue weighted by Gasteiger charge is 2.41. The van der Waals surface area contributed by atoms with E-state index in [2.05, 4.69) is 0 Å². The average molecular weight is 338 g/mol. The van der Waals surface area contributed by atoms with Crippen molar-refractivity contribution < 1.29 is 28.5 Å². The van der Waals surface area contributed by atoms with Crippen molar-refractivity contribution in [2.45, 2.75) is 6.10 Å². The first-order chi connectivity index (χ1) is 12.1. The lowest BCUT2D eigenvalue weighted by Gasteiger charge is -2.12. The second kappa shape index (κ2) is 4.76. The van der Waals surface area contributed by atoms with Gasteiger partial charge in [0.2, 0.25) is 6.79 Å². The van der Waals surface area contributed by atoms with Gasteiger partial charge in [-0.3, -0.25) is 0 Å². The van der Waals surface area contributed by atoms with Crippen molar-refractivity contribution in [1.29, 1.82) is 0 Å². The summed E-state index contributed by atoms with van der Waals surface area (Å²) in [5.41, 5.74) is -0.00717. The molecule has 2 aliphatic heterocycles. The van der Waals surface area contributed by atoms with E-state index in [9.17, 15) is 14.7 Å². The van der Waals surface area contributed by atoms with E-state index in [-0.39, 0.29) is 35.0 Å². The highest BCUT2D eigenvalue weighted by Crippen LogP contribution is 2.47. The highest BCUT2D eigenvalue weighted by molar-refractivity contribution is 5.99. The maximum Gasteiger partial charge on any atom is 0.347 e. The topological polar surface area (TPSA) is 95.2 Å². The number of carbonyl (C=O) groups excluding carboxylic acids is 1. The Bertz CT molecular complexity index is 1110. The van der Waals surface area contributed by atoms with Crippen LogP contribution in [0.2, 0.25) is 0 Å². The Balaban J connectivity index is 1.76. The van der Waals surface area contributed by atoms with Gasteiger partial charge in [-0.1, -0.05) is 18.2 Å². The molecule has 0 saturated carbocycles. The number of fused-ring (bicyclic) bond motifs is 4. The van der Waals surface area contributed by atoms with E-state index in [4.69, 9.17) is 18.6 Å². The maximum absolute atomic E-state index is 12.4. The number of para-hydroxylation sites is 1. The van der Waals surface area contributed by atoms with Crippen LogP contribution in [0.5, 0.6) is 17.2 Å². The Morgan fingerprint density at radius 2 is 1.88 bits per heavy atom. The van der Waals surface area contributed by atoms with E-state index in [0.717, 1.165) is 0 Å². The first-order valence-corrected chi connectivity index (χ1v) is 7.53. The minimum atomic E-state index is -1.07. The molecular formula is C18H10O7. The second-order valence-electron chi connectivity index (χ2n) is 5.70. The summed E-state index contributed by atoms with van der Waals surface area (Å²) in [7, 11) is 0. The standard InChI is InChI=1S/C18H10O7/c19-14-8-3-1-2-4-10(8)24-18(21)13(14)15-9-5-6-11-16(23-7-22-11)12(9)17(20)25-15/h1-6,15,19H,7H2. The molecule has 3 heterocycles. The largest absolute Gasteiger partial charge is 0.506 e. The molecule has 0 saturated heterocycles. The molecule has 1 aromatic heterocycles. The van der Waals surface area contributed by atoms with Crippen LogP contribution in [0.3, 0.4) is 0 Å². The average Bonchev–Trinajstić information content (AvgIpc) is 3.19. The number of carbonyl (C=O) groups is 1. The molecule has 1 atom stereocenters. The van der Waals surface area contributed by atoms with Crippen LogP contribution in [0.4, 0.5) is 0 Å². The Hall–Kier alpha value is -3.48. The first-order valence-electron chi connectivity index (χ1n) is 7.53. The van der Waals surface area contributed by atoms with Crippen LogP contribution in [0.15, 0.2) is 45.6 Å². The highest BCUT2D eigenvalue weighted by atomic mass is 16.7. The van der Waals surface area contributed by atoms with Crippen LogP contribution in [-0.2, 0) is 4.74 Å². The Labute approximate surface area is 140 Å². The zero-order chi connectivity index (χ0) is 17.1. The zero-order valence-electron chi connectivity index (χ0n) is 12.6. The molecule has 7 nitrogen and oxygen atoms in total. The fourth-order valence-electron chi connectivity index (χ4n) is 3.24. The molecule has 0 fully saturated rings. The lowest BCUT2D eigenvalue weighted by atomic mass is 9.98. The fourth-order valence-corrected chi connectivity index (χ4v) is 3.24. The van der Waals surface area contributed by atoms with Crippen molar-refractivity contribution in [3.63, 3.8) is 0 Å². The van der Waals surface area contributed by atoms with Gasteiger partial charge in [0.15, 0.2) is 17.6 Å². The van der Waals surface area contributed by atoms with Crippen LogP contribution in [-0.4, -0.2) is 17.9 Å². The maximum atomic E-state index is 12.4. The predicted octanol–water partition coefficient (Wildman–Crippen LogP) is 2.49. The number of aromatic hydroxyl groups is 1. The molecule has 2 aliphatic rings. The Morgan fingerprint density at radius 3 is 2.76 bits per heavy atom. The molecule has 1 unspecified atom stereocenters. The van der Waals surface area contributed by atoms with Gasteiger partial charge in [-0.25, -0.2) is 9.59 Å². The zero-order valence-corrected chi connectivity index (χ0v) is 12.6. The van der Waals surface area contributed by atoms with Crippen LogP contribution >= 0.6 is 0 Å². The van der Waals surface area contributed by atoms with Crippen LogP contribution in [0.1, 0.15) is 27.6 Å². The van der Waals surface area contributed by atoms with Crippen molar-refractivity contribution in [3.8, 4) is 17.2 Å². The van der Waals surface area contributed by atoms with Gasteiger partial charge in [0.05, 0.1) is 5.39 Å². The van der Waals surface area contributed by atoms with Gasteiger partial charge < -0.3 is 23.7 Å². The molecule has 3 aromatic rings. The summed E-state index contributed by atoms with van der Waals surface area (Å²) in [5, 5.41) is 11.0. The molecule has 0 radical (unpaired) electrons. The number of hydrogen-bond donors (Lipinski definition) is 1. The van der Waals surface area contributed by atoms with Crippen molar-refractivity contribution in [3.05, 3.63) is 63.5 Å². The Morgan fingerprint density at radius 1 is 1.04 bits per heavy atom. The number of cyclic esters (lactones) is 1. The summed E-state index contributed by atoms with van der Waals surface area (Å²) >= 11 is 0. The molecule has 1 N–H and O–H groups in total. The molecule has 0 amide bonds. The molecule has 7 heteroatoms. The summed E-state index contributed by atoms with van der Waals surface area (Å²) in [5.74, 6) is -0.190.